The van der Waals surface area contributed by atoms with E-state index in [9.17, 15) is 4.79 Å². The van der Waals surface area contributed by atoms with E-state index in [1.807, 2.05) is 0 Å². The Hall–Kier alpha value is -1.55. The number of piperidine rings is 1. The van der Waals surface area contributed by atoms with E-state index >= 15 is 0 Å². The van der Waals surface area contributed by atoms with Gasteiger partial charge in [0.05, 0.1) is 6.61 Å². The summed E-state index contributed by atoms with van der Waals surface area (Å²) in [4.78, 5) is 11.3. The summed E-state index contributed by atoms with van der Waals surface area (Å²) in [6.45, 7) is 5.80. The number of carbonyl (C=O) groups is 1. The van der Waals surface area contributed by atoms with Crippen molar-refractivity contribution in [2.45, 2.75) is 51.6 Å². The predicted molar refractivity (Wildman–Crippen MR) is 82.6 cm³/mol. The van der Waals surface area contributed by atoms with Crippen LogP contribution in [0.25, 0.3) is 0 Å². The molecule has 1 saturated heterocycles. The zero-order valence-corrected chi connectivity index (χ0v) is 12.9. The number of aryl methyl sites for hydroxylation is 2. The minimum absolute atomic E-state index is 0.170. The van der Waals surface area contributed by atoms with Gasteiger partial charge in [0, 0.05) is 30.6 Å². The van der Waals surface area contributed by atoms with Crippen molar-refractivity contribution in [1.29, 1.82) is 0 Å². The molecular formula is C17H24N2O2. The summed E-state index contributed by atoms with van der Waals surface area (Å²) in [5.74, 6) is 1.19. The van der Waals surface area contributed by atoms with Gasteiger partial charge in [-0.3, -0.25) is 4.79 Å². The lowest BCUT2D eigenvalue weighted by Crippen LogP contribution is -2.46. The van der Waals surface area contributed by atoms with E-state index in [2.05, 4.69) is 36.6 Å². The number of benzene rings is 1. The Labute approximate surface area is 126 Å². The molecule has 1 fully saturated rings. The second kappa shape index (κ2) is 6.06. The summed E-state index contributed by atoms with van der Waals surface area (Å²) < 4.78 is 5.91. The second-order valence-electron chi connectivity index (χ2n) is 6.22. The number of rotatable bonds is 2. The van der Waals surface area contributed by atoms with E-state index in [1.54, 1.807) is 0 Å². The molecule has 114 valence electrons. The monoisotopic (exact) mass is 288 g/mol. The molecule has 1 aromatic carbocycles. The van der Waals surface area contributed by atoms with Crippen LogP contribution in [0.1, 0.15) is 48.4 Å². The second-order valence-corrected chi connectivity index (χ2v) is 6.22. The lowest BCUT2D eigenvalue weighted by molar-refractivity contribution is -0.122. The van der Waals surface area contributed by atoms with E-state index in [-0.39, 0.29) is 5.91 Å². The number of ether oxygens (including phenoxy) is 1. The molecule has 2 aliphatic rings. The first-order valence-corrected chi connectivity index (χ1v) is 7.90. The fourth-order valence-electron chi connectivity index (χ4n) is 3.17. The maximum atomic E-state index is 11.3. The Balaban J connectivity index is 1.79. The van der Waals surface area contributed by atoms with Gasteiger partial charge in [-0.05, 0) is 50.3 Å². The molecule has 2 atom stereocenters. The molecule has 4 heteroatoms. The molecule has 4 nitrogen and oxygen atoms in total. The molecule has 0 unspecified atom stereocenters. The molecule has 0 radical (unpaired) electrons. The highest BCUT2D eigenvalue weighted by atomic mass is 16.5. The molecule has 2 heterocycles. The zero-order valence-electron chi connectivity index (χ0n) is 12.9. The third kappa shape index (κ3) is 3.21. The number of fused-ring (bicyclic) bond motifs is 1. The van der Waals surface area contributed by atoms with Crippen molar-refractivity contribution in [3.63, 3.8) is 0 Å². The Morgan fingerprint density at radius 2 is 2.05 bits per heavy atom. The lowest BCUT2D eigenvalue weighted by Gasteiger charge is -2.29. The fourth-order valence-corrected chi connectivity index (χ4v) is 3.17. The van der Waals surface area contributed by atoms with Crippen molar-refractivity contribution in [3.8, 4) is 5.75 Å². The Kier molecular flexibility index (Phi) is 4.15. The third-order valence-corrected chi connectivity index (χ3v) is 4.60. The molecule has 0 aromatic heterocycles. The molecule has 0 bridgehead atoms. The molecule has 21 heavy (non-hydrogen) atoms. The summed E-state index contributed by atoms with van der Waals surface area (Å²) in [7, 11) is 0. The van der Waals surface area contributed by atoms with E-state index in [1.165, 1.54) is 16.7 Å². The average molecular weight is 288 g/mol. The molecule has 0 saturated carbocycles. The SMILES string of the molecule is Cc1cc2c(cc1C)[C@H](N[C@@H]1CCC(=O)NC1)CCCO2. The number of hydrogen-bond acceptors (Lipinski definition) is 3. The molecule has 1 aromatic rings. The maximum absolute atomic E-state index is 11.3. The minimum atomic E-state index is 0.170. The van der Waals surface area contributed by atoms with Crippen molar-refractivity contribution in [2.24, 2.45) is 0 Å². The highest BCUT2D eigenvalue weighted by Crippen LogP contribution is 2.34. The van der Waals surface area contributed by atoms with Crippen LogP contribution < -0.4 is 15.4 Å². The van der Waals surface area contributed by atoms with Gasteiger partial charge in [-0.25, -0.2) is 0 Å². The predicted octanol–water partition coefficient (Wildman–Crippen LogP) is 2.39. The van der Waals surface area contributed by atoms with E-state index < -0.39 is 0 Å². The van der Waals surface area contributed by atoms with Crippen molar-refractivity contribution < 1.29 is 9.53 Å². The van der Waals surface area contributed by atoms with Gasteiger partial charge in [0.2, 0.25) is 5.91 Å². The molecule has 1 amide bonds. The molecular weight excluding hydrogens is 264 g/mol. The van der Waals surface area contributed by atoms with Crippen LogP contribution in [0.5, 0.6) is 5.75 Å². The van der Waals surface area contributed by atoms with Gasteiger partial charge in [-0.1, -0.05) is 6.07 Å². The first-order chi connectivity index (χ1) is 10.1. The first-order valence-electron chi connectivity index (χ1n) is 7.90. The van der Waals surface area contributed by atoms with Crippen molar-refractivity contribution in [3.05, 3.63) is 28.8 Å². The van der Waals surface area contributed by atoms with Crippen LogP contribution in [-0.4, -0.2) is 25.1 Å². The standard InChI is InChI=1S/C17H24N2O2/c1-11-8-14-15(19-13-5-6-17(20)18-10-13)4-3-7-21-16(14)9-12(11)2/h8-9,13,15,19H,3-7,10H2,1-2H3,(H,18,20)/t13-,15-/m1/s1. The maximum Gasteiger partial charge on any atom is 0.220 e. The largest absolute Gasteiger partial charge is 0.493 e. The smallest absolute Gasteiger partial charge is 0.220 e. The van der Waals surface area contributed by atoms with E-state index in [0.29, 0.717) is 18.5 Å². The molecule has 0 aliphatic carbocycles. The van der Waals surface area contributed by atoms with Crippen molar-refractivity contribution >= 4 is 5.91 Å². The van der Waals surface area contributed by atoms with Crippen LogP contribution in [0.4, 0.5) is 0 Å². The Bertz CT molecular complexity index is 532. The topological polar surface area (TPSA) is 50.4 Å². The third-order valence-electron chi connectivity index (χ3n) is 4.60. The van der Waals surface area contributed by atoms with Gasteiger partial charge in [0.25, 0.3) is 0 Å². The molecule has 0 spiro atoms. The minimum Gasteiger partial charge on any atom is -0.493 e. The number of hydrogen-bond donors (Lipinski definition) is 2. The summed E-state index contributed by atoms with van der Waals surface area (Å²) in [6, 6.07) is 5.10. The van der Waals surface area contributed by atoms with Gasteiger partial charge < -0.3 is 15.4 Å². The van der Waals surface area contributed by atoms with Gasteiger partial charge in [-0.2, -0.15) is 0 Å². The summed E-state index contributed by atoms with van der Waals surface area (Å²) >= 11 is 0. The van der Waals surface area contributed by atoms with Gasteiger partial charge in [-0.15, -0.1) is 0 Å². The first kappa shape index (κ1) is 14.4. The molecule has 3 rings (SSSR count). The van der Waals surface area contributed by atoms with Gasteiger partial charge >= 0.3 is 0 Å². The highest BCUT2D eigenvalue weighted by Gasteiger charge is 2.25. The lowest BCUT2D eigenvalue weighted by atomic mass is 9.95. The van der Waals surface area contributed by atoms with E-state index in [4.69, 9.17) is 4.74 Å². The van der Waals surface area contributed by atoms with Gasteiger partial charge in [0.1, 0.15) is 5.75 Å². The fraction of sp³-hybridized carbons (Fsp3) is 0.588. The summed E-state index contributed by atoms with van der Waals surface area (Å²) in [5.41, 5.74) is 3.86. The van der Waals surface area contributed by atoms with Crippen molar-refractivity contribution in [2.75, 3.05) is 13.2 Å². The van der Waals surface area contributed by atoms with Crippen LogP contribution in [0, 0.1) is 13.8 Å². The zero-order chi connectivity index (χ0) is 14.8. The van der Waals surface area contributed by atoms with Crippen LogP contribution >= 0.6 is 0 Å². The van der Waals surface area contributed by atoms with Crippen LogP contribution in [0.15, 0.2) is 12.1 Å². The van der Waals surface area contributed by atoms with Crippen molar-refractivity contribution in [1.82, 2.24) is 10.6 Å². The van der Waals surface area contributed by atoms with Crippen LogP contribution in [0.3, 0.4) is 0 Å². The van der Waals surface area contributed by atoms with E-state index in [0.717, 1.165) is 38.2 Å². The van der Waals surface area contributed by atoms with Crippen LogP contribution in [-0.2, 0) is 4.79 Å². The van der Waals surface area contributed by atoms with Crippen LogP contribution in [0.2, 0.25) is 0 Å². The average Bonchev–Trinajstić information content (AvgIpc) is 2.65. The quantitative estimate of drug-likeness (QED) is 0.878. The number of carbonyl (C=O) groups excluding carboxylic acids is 1. The Morgan fingerprint density at radius 3 is 2.81 bits per heavy atom. The molecule has 2 N–H and O–H groups in total. The normalized spacial score (nSPS) is 25.5. The highest BCUT2D eigenvalue weighted by molar-refractivity contribution is 5.76. The Morgan fingerprint density at radius 1 is 1.24 bits per heavy atom. The summed E-state index contributed by atoms with van der Waals surface area (Å²) in [5, 5.41) is 6.68. The summed E-state index contributed by atoms with van der Waals surface area (Å²) in [6.07, 6.45) is 3.69. The molecule has 2 aliphatic heterocycles. The number of nitrogens with one attached hydrogen (secondary N) is 2. The van der Waals surface area contributed by atoms with Gasteiger partial charge in [0.15, 0.2) is 0 Å². The number of amides is 1.